The predicted octanol–water partition coefficient (Wildman–Crippen LogP) is 4.65. The van der Waals surface area contributed by atoms with Crippen LogP contribution in [0.15, 0.2) is 48.7 Å². The Kier molecular flexibility index (Phi) is 6.42. The molecule has 4 aromatic rings. The lowest BCUT2D eigenvalue weighted by Crippen LogP contribution is -2.18. The molecule has 2 N–H and O–H groups in total. The monoisotopic (exact) mass is 477 g/mol. The van der Waals surface area contributed by atoms with E-state index in [1.807, 2.05) is 29.7 Å². The van der Waals surface area contributed by atoms with Gasteiger partial charge in [0.05, 0.1) is 43.3 Å². The molecule has 180 valence electrons. The molecule has 35 heavy (non-hydrogen) atoms. The normalized spacial score (nSPS) is 10.9. The summed E-state index contributed by atoms with van der Waals surface area (Å²) in [5.41, 5.74) is 3.79. The van der Waals surface area contributed by atoms with E-state index in [1.165, 1.54) is 32.4 Å². The molecule has 0 saturated heterocycles. The molecule has 0 aliphatic rings. The van der Waals surface area contributed by atoms with E-state index < -0.39 is 11.9 Å². The maximum atomic E-state index is 13.9. The van der Waals surface area contributed by atoms with Gasteiger partial charge in [0, 0.05) is 23.9 Å². The molecule has 1 amide bonds. The minimum atomic E-state index is -1.23. The largest absolute Gasteiger partial charge is 0.493 e. The summed E-state index contributed by atoms with van der Waals surface area (Å²) < 4.78 is 26.1. The van der Waals surface area contributed by atoms with Gasteiger partial charge in [-0.25, -0.2) is 14.2 Å². The second-order valence-electron chi connectivity index (χ2n) is 8.09. The Bertz CT molecular complexity index is 1460. The van der Waals surface area contributed by atoms with Crippen molar-refractivity contribution in [2.24, 2.45) is 0 Å². The summed E-state index contributed by atoms with van der Waals surface area (Å²) in [6.45, 7) is 3.59. The number of anilines is 1. The molecule has 0 saturated carbocycles. The first-order chi connectivity index (χ1) is 16.7. The lowest BCUT2D eigenvalue weighted by atomic mass is 10.1. The van der Waals surface area contributed by atoms with Gasteiger partial charge in [-0.15, -0.1) is 0 Å². The van der Waals surface area contributed by atoms with Crippen LogP contribution in [-0.4, -0.2) is 40.6 Å². The summed E-state index contributed by atoms with van der Waals surface area (Å²) >= 11 is 0. The highest BCUT2D eigenvalue weighted by atomic mass is 19.1. The molecule has 4 rings (SSSR count). The highest BCUT2D eigenvalue weighted by molar-refractivity contribution is 6.02. The number of aromatic nitrogens is 2. The number of nitrogens with one attached hydrogen (secondary N) is 1. The van der Waals surface area contributed by atoms with Crippen molar-refractivity contribution in [3.05, 3.63) is 76.9 Å². The van der Waals surface area contributed by atoms with Crippen LogP contribution in [0.25, 0.3) is 16.9 Å². The molecule has 0 atom stereocenters. The van der Waals surface area contributed by atoms with E-state index in [9.17, 15) is 19.1 Å². The molecule has 0 spiro atoms. The first kappa shape index (κ1) is 23.7. The lowest BCUT2D eigenvalue weighted by molar-refractivity contribution is -0.115. The summed E-state index contributed by atoms with van der Waals surface area (Å²) in [6, 6.07) is 11.1. The van der Waals surface area contributed by atoms with Crippen LogP contribution >= 0.6 is 0 Å². The van der Waals surface area contributed by atoms with Gasteiger partial charge in [-0.2, -0.15) is 0 Å². The van der Waals surface area contributed by atoms with Gasteiger partial charge in [0.2, 0.25) is 5.91 Å². The molecule has 0 aliphatic carbocycles. The van der Waals surface area contributed by atoms with Gasteiger partial charge in [0.15, 0.2) is 11.5 Å². The topological polar surface area (TPSA) is 102 Å². The smallest absolute Gasteiger partial charge is 0.337 e. The lowest BCUT2D eigenvalue weighted by Gasteiger charge is -2.14. The van der Waals surface area contributed by atoms with Crippen LogP contribution < -0.4 is 14.8 Å². The molecular formula is C26H24FN3O5. The van der Waals surface area contributed by atoms with Crippen LogP contribution in [0.3, 0.4) is 0 Å². The van der Waals surface area contributed by atoms with E-state index in [-0.39, 0.29) is 35.0 Å². The predicted molar refractivity (Wildman–Crippen MR) is 129 cm³/mol. The molecule has 8 nitrogen and oxygen atoms in total. The first-order valence-corrected chi connectivity index (χ1v) is 10.7. The highest BCUT2D eigenvalue weighted by Gasteiger charge is 2.21. The average molecular weight is 477 g/mol. The summed E-state index contributed by atoms with van der Waals surface area (Å²) in [7, 11) is 2.81. The molecule has 2 heterocycles. The molecule has 2 aromatic carbocycles. The van der Waals surface area contributed by atoms with Crippen molar-refractivity contribution in [1.29, 1.82) is 0 Å². The molecule has 9 heteroatoms. The summed E-state index contributed by atoms with van der Waals surface area (Å²) in [6.07, 6.45) is 1.76. The van der Waals surface area contributed by atoms with Gasteiger partial charge in [0.1, 0.15) is 11.5 Å². The third-order valence-electron chi connectivity index (χ3n) is 5.65. The molecular weight excluding hydrogens is 453 g/mol. The quantitative estimate of drug-likeness (QED) is 0.402. The third-order valence-corrected chi connectivity index (χ3v) is 5.65. The van der Waals surface area contributed by atoms with E-state index in [0.29, 0.717) is 28.2 Å². The zero-order chi connectivity index (χ0) is 25.3. The second-order valence-corrected chi connectivity index (χ2v) is 8.09. The molecule has 2 aromatic heterocycles. The van der Waals surface area contributed by atoms with Crippen molar-refractivity contribution < 1.29 is 28.6 Å². The van der Waals surface area contributed by atoms with Gasteiger partial charge >= 0.3 is 5.97 Å². The van der Waals surface area contributed by atoms with Gasteiger partial charge in [-0.3, -0.25) is 4.79 Å². The van der Waals surface area contributed by atoms with Crippen LogP contribution in [0.5, 0.6) is 11.5 Å². The van der Waals surface area contributed by atoms with Crippen LogP contribution in [0, 0.1) is 19.7 Å². The number of pyridine rings is 1. The number of aryl methyl sites for hydroxylation is 2. The number of carboxylic acid groups (broad SMARTS) is 1. The summed E-state index contributed by atoms with van der Waals surface area (Å²) in [5.74, 6) is -1.51. The first-order valence-electron chi connectivity index (χ1n) is 10.7. The van der Waals surface area contributed by atoms with E-state index in [1.54, 1.807) is 19.1 Å². The van der Waals surface area contributed by atoms with Crippen molar-refractivity contribution >= 4 is 23.2 Å². The summed E-state index contributed by atoms with van der Waals surface area (Å²) in [4.78, 5) is 29.7. The SMILES string of the molecule is COc1cc(NC(=O)Cc2c(-c3ccc(F)c(C)c3)nc3ccc(C)cn23)c(C(=O)O)cc1OC. The van der Waals surface area contributed by atoms with Crippen molar-refractivity contribution in [2.75, 3.05) is 19.5 Å². The molecule has 0 unspecified atom stereocenters. The Morgan fingerprint density at radius 2 is 1.77 bits per heavy atom. The van der Waals surface area contributed by atoms with Crippen molar-refractivity contribution in [3.63, 3.8) is 0 Å². The maximum absolute atomic E-state index is 13.9. The number of halogens is 1. The highest BCUT2D eigenvalue weighted by Crippen LogP contribution is 2.34. The standard InChI is InChI=1S/C26H24FN3O5/c1-14-5-8-23-29-25(16-6-7-18(27)15(2)9-16)20(30(23)13-14)12-24(31)28-19-11-22(35-4)21(34-3)10-17(19)26(32)33/h5-11,13H,12H2,1-4H3,(H,28,31)(H,32,33). The number of methoxy groups -OCH3 is 2. The van der Waals surface area contributed by atoms with Crippen molar-refractivity contribution in [1.82, 2.24) is 9.38 Å². The zero-order valence-corrected chi connectivity index (χ0v) is 19.7. The molecule has 0 radical (unpaired) electrons. The van der Waals surface area contributed by atoms with Crippen molar-refractivity contribution in [3.8, 4) is 22.8 Å². The van der Waals surface area contributed by atoms with E-state index in [2.05, 4.69) is 10.3 Å². The molecule has 0 fully saturated rings. The van der Waals surface area contributed by atoms with E-state index >= 15 is 0 Å². The fourth-order valence-corrected chi connectivity index (χ4v) is 3.90. The Labute approximate surface area is 200 Å². The van der Waals surface area contributed by atoms with Crippen LogP contribution in [0.1, 0.15) is 27.2 Å². The van der Waals surface area contributed by atoms with Crippen LogP contribution in [0.4, 0.5) is 10.1 Å². The Hall–Kier alpha value is -4.40. The van der Waals surface area contributed by atoms with Crippen LogP contribution in [-0.2, 0) is 11.2 Å². The molecule has 0 aliphatic heterocycles. The fourth-order valence-electron chi connectivity index (χ4n) is 3.90. The number of carbonyl (C=O) groups excluding carboxylic acids is 1. The zero-order valence-electron chi connectivity index (χ0n) is 19.7. The second kappa shape index (κ2) is 9.46. The number of imidazole rings is 1. The maximum Gasteiger partial charge on any atom is 0.337 e. The van der Waals surface area contributed by atoms with Gasteiger partial charge in [-0.1, -0.05) is 6.07 Å². The average Bonchev–Trinajstić information content (AvgIpc) is 3.17. The van der Waals surface area contributed by atoms with E-state index in [0.717, 1.165) is 5.56 Å². The number of carbonyl (C=O) groups is 2. The number of nitrogens with zero attached hydrogens (tertiary/aromatic N) is 2. The number of carboxylic acids is 1. The van der Waals surface area contributed by atoms with E-state index in [4.69, 9.17) is 9.47 Å². The number of hydrogen-bond acceptors (Lipinski definition) is 5. The number of ether oxygens (including phenoxy) is 2. The van der Waals surface area contributed by atoms with Gasteiger partial charge < -0.3 is 24.3 Å². The Morgan fingerprint density at radius 3 is 2.43 bits per heavy atom. The number of aromatic carboxylic acids is 1. The number of fused-ring (bicyclic) bond motifs is 1. The minimum Gasteiger partial charge on any atom is -0.493 e. The van der Waals surface area contributed by atoms with Gasteiger partial charge in [-0.05, 0) is 49.2 Å². The molecule has 0 bridgehead atoms. The van der Waals surface area contributed by atoms with Crippen LogP contribution in [0.2, 0.25) is 0 Å². The van der Waals surface area contributed by atoms with Crippen molar-refractivity contribution in [2.45, 2.75) is 20.3 Å². The fraction of sp³-hybridized carbons (Fsp3) is 0.192. The number of rotatable bonds is 7. The number of hydrogen-bond donors (Lipinski definition) is 2. The minimum absolute atomic E-state index is 0.0735. The van der Waals surface area contributed by atoms with Gasteiger partial charge in [0.25, 0.3) is 0 Å². The Morgan fingerprint density at radius 1 is 1.06 bits per heavy atom. The summed E-state index contributed by atoms with van der Waals surface area (Å²) in [5, 5.41) is 12.3. The number of amides is 1. The third kappa shape index (κ3) is 4.65. The number of benzene rings is 2. The Balaban J connectivity index is 1.76.